The summed E-state index contributed by atoms with van der Waals surface area (Å²) >= 11 is 1.25. The number of amides is 1. The molecule has 0 fully saturated rings. The Bertz CT molecular complexity index is 996. The number of benzene rings is 2. The standard InChI is InChI=1S/C20H19N3O2S/c1-12-19(13(2)24)20(22-14(3)21-12)26-11-18(25)23-17-10-6-8-15-7-4-5-9-16(15)17/h4-10H,11H2,1-3H3,(H,23,25). The predicted octanol–water partition coefficient (Wildman–Crippen LogP) is 4.18. The lowest BCUT2D eigenvalue weighted by atomic mass is 10.1. The molecule has 0 atom stereocenters. The Morgan fingerprint density at radius 1 is 1.04 bits per heavy atom. The van der Waals surface area contributed by atoms with Gasteiger partial charge in [0.2, 0.25) is 5.91 Å². The number of nitrogens with zero attached hydrogens (tertiary/aromatic N) is 2. The largest absolute Gasteiger partial charge is 0.325 e. The topological polar surface area (TPSA) is 72.0 Å². The third-order valence-corrected chi connectivity index (χ3v) is 4.90. The van der Waals surface area contributed by atoms with E-state index in [1.165, 1.54) is 18.7 Å². The van der Waals surface area contributed by atoms with Crippen LogP contribution in [0.25, 0.3) is 10.8 Å². The summed E-state index contributed by atoms with van der Waals surface area (Å²) in [7, 11) is 0. The predicted molar refractivity (Wildman–Crippen MR) is 105 cm³/mol. The summed E-state index contributed by atoms with van der Waals surface area (Å²) in [6.07, 6.45) is 0. The molecule has 1 amide bonds. The summed E-state index contributed by atoms with van der Waals surface area (Å²) in [6, 6.07) is 13.7. The molecule has 26 heavy (non-hydrogen) atoms. The van der Waals surface area contributed by atoms with Gasteiger partial charge >= 0.3 is 0 Å². The van der Waals surface area contributed by atoms with E-state index in [-0.39, 0.29) is 17.4 Å². The Labute approximate surface area is 156 Å². The van der Waals surface area contributed by atoms with Crippen LogP contribution >= 0.6 is 11.8 Å². The number of nitrogens with one attached hydrogen (secondary N) is 1. The van der Waals surface area contributed by atoms with Crippen molar-refractivity contribution >= 4 is 39.9 Å². The van der Waals surface area contributed by atoms with Crippen LogP contribution in [0.5, 0.6) is 0 Å². The van der Waals surface area contributed by atoms with Crippen LogP contribution in [0.15, 0.2) is 47.5 Å². The van der Waals surface area contributed by atoms with Crippen molar-refractivity contribution in [1.29, 1.82) is 0 Å². The first-order valence-electron chi connectivity index (χ1n) is 8.22. The molecule has 1 N–H and O–H groups in total. The molecular formula is C20H19N3O2S. The maximum absolute atomic E-state index is 12.4. The summed E-state index contributed by atoms with van der Waals surface area (Å²) in [6.45, 7) is 5.05. The first-order valence-corrected chi connectivity index (χ1v) is 9.21. The number of rotatable bonds is 5. The summed E-state index contributed by atoms with van der Waals surface area (Å²) in [5, 5.41) is 5.56. The Morgan fingerprint density at radius 3 is 2.54 bits per heavy atom. The number of thioether (sulfide) groups is 1. The number of aromatic nitrogens is 2. The highest BCUT2D eigenvalue weighted by Gasteiger charge is 2.16. The van der Waals surface area contributed by atoms with E-state index in [0.29, 0.717) is 22.1 Å². The van der Waals surface area contributed by atoms with Gasteiger partial charge in [-0.05, 0) is 32.2 Å². The van der Waals surface area contributed by atoms with Crippen LogP contribution in [0, 0.1) is 13.8 Å². The van der Waals surface area contributed by atoms with Crippen molar-refractivity contribution in [2.75, 3.05) is 11.1 Å². The van der Waals surface area contributed by atoms with Crippen molar-refractivity contribution in [2.45, 2.75) is 25.8 Å². The number of hydrogen-bond acceptors (Lipinski definition) is 5. The summed E-state index contributed by atoms with van der Waals surface area (Å²) in [5.41, 5.74) is 1.90. The fourth-order valence-electron chi connectivity index (χ4n) is 2.85. The molecule has 2 aromatic carbocycles. The van der Waals surface area contributed by atoms with Crippen molar-refractivity contribution < 1.29 is 9.59 Å². The van der Waals surface area contributed by atoms with Crippen LogP contribution in [0.3, 0.4) is 0 Å². The monoisotopic (exact) mass is 365 g/mol. The summed E-state index contributed by atoms with van der Waals surface area (Å²) < 4.78 is 0. The Balaban J connectivity index is 1.77. The normalized spacial score (nSPS) is 10.7. The van der Waals surface area contributed by atoms with E-state index >= 15 is 0 Å². The van der Waals surface area contributed by atoms with Gasteiger partial charge in [0.1, 0.15) is 10.9 Å². The SMILES string of the molecule is CC(=O)c1c(C)nc(C)nc1SCC(=O)Nc1cccc2ccccc12. The van der Waals surface area contributed by atoms with Gasteiger partial charge in [0.25, 0.3) is 0 Å². The highest BCUT2D eigenvalue weighted by Crippen LogP contribution is 2.25. The number of aryl methyl sites for hydroxylation is 2. The van der Waals surface area contributed by atoms with Crippen LogP contribution < -0.4 is 5.32 Å². The van der Waals surface area contributed by atoms with E-state index in [0.717, 1.165) is 16.5 Å². The van der Waals surface area contributed by atoms with Crippen LogP contribution in [-0.2, 0) is 4.79 Å². The van der Waals surface area contributed by atoms with Gasteiger partial charge in [0.05, 0.1) is 17.0 Å². The Morgan fingerprint density at radius 2 is 1.77 bits per heavy atom. The number of hydrogen-bond donors (Lipinski definition) is 1. The maximum atomic E-state index is 12.4. The maximum Gasteiger partial charge on any atom is 0.234 e. The molecule has 0 spiro atoms. The van der Waals surface area contributed by atoms with E-state index in [1.54, 1.807) is 13.8 Å². The third-order valence-electron chi connectivity index (χ3n) is 3.92. The van der Waals surface area contributed by atoms with E-state index < -0.39 is 0 Å². The van der Waals surface area contributed by atoms with Gasteiger partial charge in [-0.15, -0.1) is 0 Å². The molecule has 0 bridgehead atoms. The second-order valence-electron chi connectivity index (χ2n) is 5.96. The number of Topliss-reactive ketones (excluding diaryl/α,β-unsaturated/α-hetero) is 1. The zero-order valence-electron chi connectivity index (χ0n) is 14.9. The number of anilines is 1. The van der Waals surface area contributed by atoms with Gasteiger partial charge in [0.15, 0.2) is 5.78 Å². The van der Waals surface area contributed by atoms with E-state index in [1.807, 2.05) is 42.5 Å². The molecule has 6 heteroatoms. The van der Waals surface area contributed by atoms with E-state index in [2.05, 4.69) is 15.3 Å². The van der Waals surface area contributed by atoms with Gasteiger partial charge in [-0.1, -0.05) is 48.2 Å². The lowest BCUT2D eigenvalue weighted by Crippen LogP contribution is -2.15. The average Bonchev–Trinajstić information content (AvgIpc) is 2.59. The zero-order valence-corrected chi connectivity index (χ0v) is 15.7. The molecule has 1 heterocycles. The van der Waals surface area contributed by atoms with Crippen LogP contribution in [0.1, 0.15) is 28.8 Å². The first kappa shape index (κ1) is 18.1. The molecule has 5 nitrogen and oxygen atoms in total. The molecule has 1 aromatic heterocycles. The van der Waals surface area contributed by atoms with E-state index in [4.69, 9.17) is 0 Å². The minimum atomic E-state index is -0.144. The van der Waals surface area contributed by atoms with Crippen LogP contribution in [0.4, 0.5) is 5.69 Å². The highest BCUT2D eigenvalue weighted by atomic mass is 32.2. The Hall–Kier alpha value is -2.73. The van der Waals surface area contributed by atoms with Gasteiger partial charge < -0.3 is 5.32 Å². The van der Waals surface area contributed by atoms with Crippen molar-refractivity contribution in [3.8, 4) is 0 Å². The van der Waals surface area contributed by atoms with E-state index in [9.17, 15) is 9.59 Å². The molecule has 0 aliphatic carbocycles. The Kier molecular flexibility index (Phi) is 5.32. The fraction of sp³-hybridized carbons (Fsp3) is 0.200. The van der Waals surface area contributed by atoms with Crippen molar-refractivity contribution in [2.24, 2.45) is 0 Å². The lowest BCUT2D eigenvalue weighted by molar-refractivity contribution is -0.113. The van der Waals surface area contributed by atoms with Crippen molar-refractivity contribution in [1.82, 2.24) is 9.97 Å². The lowest BCUT2D eigenvalue weighted by Gasteiger charge is -2.11. The molecule has 0 radical (unpaired) electrons. The smallest absolute Gasteiger partial charge is 0.234 e. The second-order valence-corrected chi connectivity index (χ2v) is 6.92. The second kappa shape index (κ2) is 7.66. The number of fused-ring (bicyclic) bond motifs is 1. The number of carbonyl (C=O) groups excluding carboxylic acids is 2. The molecule has 132 valence electrons. The summed E-state index contributed by atoms with van der Waals surface area (Å²) in [5.74, 6) is 0.512. The van der Waals surface area contributed by atoms with Gasteiger partial charge in [-0.25, -0.2) is 9.97 Å². The molecule has 3 aromatic rings. The molecule has 0 saturated carbocycles. The first-order chi connectivity index (χ1) is 12.5. The minimum absolute atomic E-state index is 0.0977. The molecule has 3 rings (SSSR count). The van der Waals surface area contributed by atoms with Gasteiger partial charge in [-0.2, -0.15) is 0 Å². The molecule has 0 saturated heterocycles. The average molecular weight is 365 g/mol. The number of ketones is 1. The number of carbonyl (C=O) groups is 2. The quantitative estimate of drug-likeness (QED) is 0.417. The van der Waals surface area contributed by atoms with Crippen molar-refractivity contribution in [3.63, 3.8) is 0 Å². The highest BCUT2D eigenvalue weighted by molar-refractivity contribution is 8.00. The van der Waals surface area contributed by atoms with Crippen LogP contribution in [0.2, 0.25) is 0 Å². The van der Waals surface area contributed by atoms with Gasteiger partial charge in [-0.3, -0.25) is 9.59 Å². The third kappa shape index (κ3) is 3.91. The molecule has 0 unspecified atom stereocenters. The molecule has 0 aliphatic heterocycles. The summed E-state index contributed by atoms with van der Waals surface area (Å²) in [4.78, 5) is 32.9. The minimum Gasteiger partial charge on any atom is -0.325 e. The zero-order chi connectivity index (χ0) is 18.7. The fourth-order valence-corrected chi connectivity index (χ4v) is 3.82. The van der Waals surface area contributed by atoms with Crippen LogP contribution in [-0.4, -0.2) is 27.4 Å². The van der Waals surface area contributed by atoms with Crippen molar-refractivity contribution in [3.05, 3.63) is 59.5 Å². The van der Waals surface area contributed by atoms with Gasteiger partial charge in [0, 0.05) is 11.1 Å². The molecule has 0 aliphatic rings. The molecular weight excluding hydrogens is 346 g/mol.